The molecule has 2 heterocycles. The Kier molecular flexibility index (Phi) is 6.22. The van der Waals surface area contributed by atoms with E-state index in [1.165, 1.54) is 0 Å². The molecule has 6 nitrogen and oxygen atoms in total. The van der Waals surface area contributed by atoms with Crippen LogP contribution in [-0.4, -0.2) is 77.9 Å². The van der Waals surface area contributed by atoms with Crippen molar-refractivity contribution in [1.29, 1.82) is 0 Å². The molecule has 1 N–H and O–H groups in total. The molecule has 6 heteroatoms. The van der Waals surface area contributed by atoms with E-state index in [1.807, 2.05) is 36.0 Å². The minimum atomic E-state index is -0.240. The Labute approximate surface area is 125 Å². The lowest BCUT2D eigenvalue weighted by Gasteiger charge is -2.31. The van der Waals surface area contributed by atoms with Gasteiger partial charge in [-0.25, -0.2) is 0 Å². The van der Waals surface area contributed by atoms with E-state index in [0.29, 0.717) is 13.1 Å². The third kappa shape index (κ3) is 4.56. The van der Waals surface area contributed by atoms with Crippen LogP contribution in [-0.2, 0) is 9.53 Å². The minimum Gasteiger partial charge on any atom is -0.395 e. The number of morpholine rings is 1. The van der Waals surface area contributed by atoms with Crippen LogP contribution in [0.15, 0.2) is 24.5 Å². The van der Waals surface area contributed by atoms with Gasteiger partial charge in [0.1, 0.15) is 6.04 Å². The molecule has 21 heavy (non-hydrogen) atoms. The summed E-state index contributed by atoms with van der Waals surface area (Å²) in [6.07, 6.45) is 3.78. The third-order valence-corrected chi connectivity index (χ3v) is 3.90. The first-order valence-corrected chi connectivity index (χ1v) is 7.54. The number of aliphatic hydroxyl groups is 1. The van der Waals surface area contributed by atoms with Crippen LogP contribution in [0.5, 0.6) is 0 Å². The van der Waals surface area contributed by atoms with Crippen LogP contribution in [0.3, 0.4) is 0 Å². The van der Waals surface area contributed by atoms with Gasteiger partial charge in [0.2, 0.25) is 5.91 Å². The summed E-state index contributed by atoms with van der Waals surface area (Å²) in [6, 6.07) is 3.58. The van der Waals surface area contributed by atoms with Crippen molar-refractivity contribution in [2.75, 3.05) is 52.5 Å². The van der Waals surface area contributed by atoms with Gasteiger partial charge in [-0.3, -0.25) is 9.69 Å². The minimum absolute atomic E-state index is 0.00670. The average Bonchev–Trinajstić information content (AvgIpc) is 3.05. The number of rotatable bonds is 7. The Balaban J connectivity index is 1.89. The molecule has 1 aromatic heterocycles. The van der Waals surface area contributed by atoms with Gasteiger partial charge in [0.15, 0.2) is 0 Å². The van der Waals surface area contributed by atoms with E-state index >= 15 is 0 Å². The van der Waals surface area contributed by atoms with Gasteiger partial charge in [-0.05, 0) is 19.1 Å². The summed E-state index contributed by atoms with van der Waals surface area (Å²) in [4.78, 5) is 16.6. The van der Waals surface area contributed by atoms with E-state index in [1.54, 1.807) is 4.90 Å². The van der Waals surface area contributed by atoms with Crippen LogP contribution in [0.1, 0.15) is 13.0 Å². The zero-order valence-electron chi connectivity index (χ0n) is 12.6. The van der Waals surface area contributed by atoms with Crippen molar-refractivity contribution in [3.63, 3.8) is 0 Å². The largest absolute Gasteiger partial charge is 0.395 e. The average molecular weight is 295 g/mol. The number of ether oxygens (including phenoxy) is 1. The smallest absolute Gasteiger partial charge is 0.245 e. The summed E-state index contributed by atoms with van der Waals surface area (Å²) in [5, 5.41) is 9.20. The van der Waals surface area contributed by atoms with Gasteiger partial charge in [-0.1, -0.05) is 0 Å². The van der Waals surface area contributed by atoms with Gasteiger partial charge in [-0.2, -0.15) is 0 Å². The molecule has 2 rings (SSSR count). The third-order valence-electron chi connectivity index (χ3n) is 3.90. The van der Waals surface area contributed by atoms with Crippen molar-refractivity contribution < 1.29 is 14.6 Å². The SMILES string of the molecule is CC(C(=O)N(CCO)CCN1CCOCC1)n1cccc1. The molecule has 1 aliphatic heterocycles. The van der Waals surface area contributed by atoms with Crippen molar-refractivity contribution >= 4 is 5.91 Å². The van der Waals surface area contributed by atoms with Crippen molar-refractivity contribution in [1.82, 2.24) is 14.4 Å². The van der Waals surface area contributed by atoms with Gasteiger partial charge >= 0.3 is 0 Å². The predicted molar refractivity (Wildman–Crippen MR) is 80.1 cm³/mol. The van der Waals surface area contributed by atoms with Crippen LogP contribution in [0.25, 0.3) is 0 Å². The van der Waals surface area contributed by atoms with E-state index in [4.69, 9.17) is 4.74 Å². The van der Waals surface area contributed by atoms with Gasteiger partial charge in [0.25, 0.3) is 0 Å². The molecule has 0 bridgehead atoms. The Morgan fingerprint density at radius 3 is 2.57 bits per heavy atom. The molecule has 1 aliphatic rings. The molecule has 0 radical (unpaired) electrons. The van der Waals surface area contributed by atoms with Crippen LogP contribution in [0, 0.1) is 0 Å². The summed E-state index contributed by atoms with van der Waals surface area (Å²) in [6.45, 7) is 7.08. The van der Waals surface area contributed by atoms with Crippen LogP contribution in [0.4, 0.5) is 0 Å². The second kappa shape index (κ2) is 8.17. The second-order valence-electron chi connectivity index (χ2n) is 5.31. The van der Waals surface area contributed by atoms with E-state index < -0.39 is 0 Å². The van der Waals surface area contributed by atoms with Gasteiger partial charge in [0.05, 0.1) is 19.8 Å². The maximum Gasteiger partial charge on any atom is 0.245 e. The lowest BCUT2D eigenvalue weighted by atomic mass is 10.2. The molecule has 0 aromatic carbocycles. The molecule has 0 spiro atoms. The molecule has 0 saturated carbocycles. The number of carbonyl (C=O) groups is 1. The van der Waals surface area contributed by atoms with E-state index in [-0.39, 0.29) is 18.6 Å². The topological polar surface area (TPSA) is 57.9 Å². The maximum absolute atomic E-state index is 12.6. The number of hydrogen-bond donors (Lipinski definition) is 1. The Morgan fingerprint density at radius 1 is 1.29 bits per heavy atom. The quantitative estimate of drug-likeness (QED) is 0.781. The summed E-state index contributed by atoms with van der Waals surface area (Å²) in [7, 11) is 0. The fraction of sp³-hybridized carbons (Fsp3) is 0.667. The molecule has 1 saturated heterocycles. The van der Waals surface area contributed by atoms with Crippen molar-refractivity contribution in [2.45, 2.75) is 13.0 Å². The first-order chi connectivity index (χ1) is 10.2. The summed E-state index contributed by atoms with van der Waals surface area (Å²) >= 11 is 0. The zero-order valence-corrected chi connectivity index (χ0v) is 12.6. The normalized spacial score (nSPS) is 17.6. The Bertz CT molecular complexity index is 416. The fourth-order valence-corrected chi connectivity index (χ4v) is 2.54. The van der Waals surface area contributed by atoms with Gasteiger partial charge in [-0.15, -0.1) is 0 Å². The number of carbonyl (C=O) groups excluding carboxylic acids is 1. The highest BCUT2D eigenvalue weighted by Gasteiger charge is 2.22. The second-order valence-corrected chi connectivity index (χ2v) is 5.31. The molecular formula is C15H25N3O3. The number of aliphatic hydroxyl groups excluding tert-OH is 1. The van der Waals surface area contributed by atoms with Crippen molar-refractivity contribution in [3.8, 4) is 0 Å². The van der Waals surface area contributed by atoms with E-state index in [9.17, 15) is 9.90 Å². The molecule has 1 aromatic rings. The molecular weight excluding hydrogens is 270 g/mol. The van der Waals surface area contributed by atoms with Crippen LogP contribution in [0.2, 0.25) is 0 Å². The molecule has 1 unspecified atom stereocenters. The fourth-order valence-electron chi connectivity index (χ4n) is 2.54. The highest BCUT2D eigenvalue weighted by molar-refractivity contribution is 5.80. The molecule has 0 aliphatic carbocycles. The standard InChI is InChI=1S/C15H25N3O3/c1-14(17-4-2-3-5-17)15(20)18(8-11-19)7-6-16-9-12-21-13-10-16/h2-5,14,19H,6-13H2,1H3. The molecule has 118 valence electrons. The highest BCUT2D eigenvalue weighted by Crippen LogP contribution is 2.10. The Morgan fingerprint density at radius 2 is 1.95 bits per heavy atom. The highest BCUT2D eigenvalue weighted by atomic mass is 16.5. The molecule has 1 fully saturated rings. The summed E-state index contributed by atoms with van der Waals surface area (Å²) < 4.78 is 7.21. The van der Waals surface area contributed by atoms with Gasteiger partial charge < -0.3 is 19.3 Å². The predicted octanol–water partition coefficient (Wildman–Crippen LogP) is 0.202. The summed E-state index contributed by atoms with van der Waals surface area (Å²) in [5.74, 6) is 0.0495. The molecule has 1 amide bonds. The monoisotopic (exact) mass is 295 g/mol. The van der Waals surface area contributed by atoms with Gasteiger partial charge in [0, 0.05) is 45.1 Å². The number of aromatic nitrogens is 1. The lowest BCUT2D eigenvalue weighted by molar-refractivity contribution is -0.135. The first-order valence-electron chi connectivity index (χ1n) is 7.54. The molecule has 1 atom stereocenters. The lowest BCUT2D eigenvalue weighted by Crippen LogP contribution is -2.45. The van der Waals surface area contributed by atoms with E-state index in [0.717, 1.165) is 32.8 Å². The van der Waals surface area contributed by atoms with Crippen LogP contribution >= 0.6 is 0 Å². The van der Waals surface area contributed by atoms with Crippen LogP contribution < -0.4 is 0 Å². The Hall–Kier alpha value is -1.37. The van der Waals surface area contributed by atoms with Crippen molar-refractivity contribution in [2.24, 2.45) is 0 Å². The number of nitrogens with zero attached hydrogens (tertiary/aromatic N) is 3. The number of hydrogen-bond acceptors (Lipinski definition) is 4. The summed E-state index contributed by atoms with van der Waals surface area (Å²) in [5.41, 5.74) is 0. The first kappa shape index (κ1) is 16.0. The maximum atomic E-state index is 12.6. The zero-order chi connectivity index (χ0) is 15.1. The van der Waals surface area contributed by atoms with Crippen molar-refractivity contribution in [3.05, 3.63) is 24.5 Å². The van der Waals surface area contributed by atoms with E-state index in [2.05, 4.69) is 4.90 Å². The number of amides is 1.